The zero-order valence-corrected chi connectivity index (χ0v) is 30.6. The number of para-hydroxylation sites is 4. The maximum absolute atomic E-state index is 6.90. The van der Waals surface area contributed by atoms with Gasteiger partial charge >= 0.3 is 0 Å². The molecule has 6 heteroatoms. The summed E-state index contributed by atoms with van der Waals surface area (Å²) in [5.41, 5.74) is 10.4. The Bertz CT molecular complexity index is 3680. The molecule has 1 unspecified atom stereocenters. The van der Waals surface area contributed by atoms with Crippen LogP contribution in [0.1, 0.15) is 18.2 Å². The van der Waals surface area contributed by atoms with Crippen molar-refractivity contribution in [3.8, 4) is 28.5 Å². The lowest BCUT2D eigenvalue weighted by Crippen LogP contribution is -2.08. The van der Waals surface area contributed by atoms with E-state index in [2.05, 4.69) is 155 Å². The highest BCUT2D eigenvalue weighted by Gasteiger charge is 2.27. The molecule has 5 aromatic heterocycles. The molecule has 0 saturated heterocycles. The second kappa shape index (κ2) is 11.5. The van der Waals surface area contributed by atoms with Gasteiger partial charge in [-0.05, 0) is 48.9 Å². The fourth-order valence-corrected chi connectivity index (χ4v) is 9.56. The maximum atomic E-state index is 6.90. The number of nitrogens with zero attached hydrogens (tertiary/aromatic N) is 5. The molecule has 0 bridgehead atoms. The van der Waals surface area contributed by atoms with E-state index in [0.717, 1.165) is 62.0 Å². The normalized spacial score (nSPS) is 14.6. The first-order valence-corrected chi connectivity index (χ1v) is 19.5. The first kappa shape index (κ1) is 30.7. The molecule has 0 fully saturated rings. The van der Waals surface area contributed by atoms with Gasteiger partial charge in [0.25, 0.3) is 0 Å². The fourth-order valence-electron chi connectivity index (χ4n) is 9.56. The molecule has 0 amide bonds. The zero-order chi connectivity index (χ0) is 37.2. The van der Waals surface area contributed by atoms with Crippen molar-refractivity contribution in [3.05, 3.63) is 176 Å². The van der Waals surface area contributed by atoms with E-state index in [1.165, 1.54) is 48.9 Å². The van der Waals surface area contributed by atoms with E-state index >= 15 is 0 Å². The van der Waals surface area contributed by atoms with Crippen molar-refractivity contribution < 1.29 is 4.42 Å². The molecule has 0 aliphatic heterocycles. The number of rotatable bonds is 4. The van der Waals surface area contributed by atoms with Gasteiger partial charge < -0.3 is 13.4 Å². The summed E-state index contributed by atoms with van der Waals surface area (Å²) < 4.78 is 11.8. The minimum absolute atomic E-state index is 0.0482. The Morgan fingerprint density at radius 2 is 1.21 bits per heavy atom. The number of fused-ring (bicyclic) bond motifs is 13. The first-order valence-electron chi connectivity index (χ1n) is 19.5. The Morgan fingerprint density at radius 1 is 0.526 bits per heavy atom. The Kier molecular flexibility index (Phi) is 6.19. The Morgan fingerprint density at radius 3 is 2.02 bits per heavy atom. The van der Waals surface area contributed by atoms with Crippen molar-refractivity contribution in [1.82, 2.24) is 23.9 Å². The SMILES string of the molecule is C1=CCC(c2nc(-c3ccccc3)nc(-c3ccc(-n4c5ccccc5c5c6c7ccccc7n7c8ccccc8c(cc54)c67)c4c3oc3ccccc34)n2)C=C1. The van der Waals surface area contributed by atoms with Crippen LogP contribution < -0.4 is 0 Å². The number of hydrogen-bond acceptors (Lipinski definition) is 4. The van der Waals surface area contributed by atoms with Gasteiger partial charge in [-0.15, -0.1) is 0 Å². The van der Waals surface area contributed by atoms with Gasteiger partial charge in [-0.3, -0.25) is 0 Å². The molecule has 1 aliphatic rings. The molecule has 0 saturated carbocycles. The maximum Gasteiger partial charge on any atom is 0.167 e. The van der Waals surface area contributed by atoms with E-state index in [-0.39, 0.29) is 5.92 Å². The molecule has 266 valence electrons. The van der Waals surface area contributed by atoms with Crippen LogP contribution in [0.25, 0.3) is 110 Å². The van der Waals surface area contributed by atoms with E-state index in [9.17, 15) is 0 Å². The summed E-state index contributed by atoms with van der Waals surface area (Å²) in [4.78, 5) is 15.4. The lowest BCUT2D eigenvalue weighted by Gasteiger charge is -2.15. The van der Waals surface area contributed by atoms with Gasteiger partial charge in [0.15, 0.2) is 11.6 Å². The number of furan rings is 1. The molecule has 6 nitrogen and oxygen atoms in total. The van der Waals surface area contributed by atoms with Crippen molar-refractivity contribution in [3.63, 3.8) is 0 Å². The van der Waals surface area contributed by atoms with Gasteiger partial charge in [0.05, 0.1) is 44.2 Å². The van der Waals surface area contributed by atoms with Crippen LogP contribution in [0.2, 0.25) is 0 Å². The van der Waals surface area contributed by atoms with E-state index in [4.69, 9.17) is 19.4 Å². The number of aromatic nitrogens is 5. The van der Waals surface area contributed by atoms with Crippen LogP contribution in [0, 0.1) is 0 Å². The van der Waals surface area contributed by atoms with Crippen LogP contribution in [0.4, 0.5) is 0 Å². The Labute approximate surface area is 325 Å². The van der Waals surface area contributed by atoms with Crippen molar-refractivity contribution in [2.75, 3.05) is 0 Å². The topological polar surface area (TPSA) is 61.2 Å². The zero-order valence-electron chi connectivity index (χ0n) is 30.6. The van der Waals surface area contributed by atoms with E-state index in [0.29, 0.717) is 11.6 Å². The quantitative estimate of drug-likeness (QED) is 0.181. The Balaban J connectivity index is 1.15. The summed E-state index contributed by atoms with van der Waals surface area (Å²) in [6.45, 7) is 0. The summed E-state index contributed by atoms with van der Waals surface area (Å²) in [5.74, 6) is 2.04. The molecule has 1 aliphatic carbocycles. The van der Waals surface area contributed by atoms with Crippen molar-refractivity contribution in [2.45, 2.75) is 12.3 Å². The van der Waals surface area contributed by atoms with Crippen molar-refractivity contribution in [2.24, 2.45) is 0 Å². The van der Waals surface area contributed by atoms with Gasteiger partial charge in [-0.2, -0.15) is 0 Å². The summed E-state index contributed by atoms with van der Waals surface area (Å²) in [5, 5.41) is 9.57. The standard InChI is InChI=1S/C51H31N5O/c1-3-15-30(16-4-1)49-52-50(31-17-5-2-6-18-31)54-51(53-49)36-27-28-41(45-35-22-10-14-26-43(35)57-48(36)45)55-39-24-12-8-20-33(39)44-42(55)29-37-32-19-7-11-23-38(32)56-40-25-13-9-21-34(40)46(44)47(37)56/h1-17,19-29,31H,18H2. The lowest BCUT2D eigenvalue weighted by molar-refractivity contribution is 0.669. The van der Waals surface area contributed by atoms with Gasteiger partial charge in [-0.25, -0.2) is 15.0 Å². The van der Waals surface area contributed by atoms with Crippen LogP contribution in [0.5, 0.6) is 0 Å². The second-order valence-electron chi connectivity index (χ2n) is 15.1. The molecule has 1 atom stereocenters. The third-order valence-corrected chi connectivity index (χ3v) is 12.0. The van der Waals surface area contributed by atoms with Crippen LogP contribution in [0.3, 0.4) is 0 Å². The smallest absolute Gasteiger partial charge is 0.167 e. The van der Waals surface area contributed by atoms with Crippen LogP contribution >= 0.6 is 0 Å². The summed E-state index contributed by atoms with van der Waals surface area (Å²) >= 11 is 0. The highest BCUT2D eigenvalue weighted by molar-refractivity contribution is 6.36. The molecule has 57 heavy (non-hydrogen) atoms. The summed E-state index contributed by atoms with van der Waals surface area (Å²) in [6, 6.07) is 51.8. The number of hydrogen-bond donors (Lipinski definition) is 0. The van der Waals surface area contributed by atoms with Gasteiger partial charge in [0.1, 0.15) is 17.0 Å². The predicted octanol–water partition coefficient (Wildman–Crippen LogP) is 13.0. The predicted molar refractivity (Wildman–Crippen MR) is 233 cm³/mol. The molecule has 12 aromatic rings. The van der Waals surface area contributed by atoms with Crippen LogP contribution in [-0.2, 0) is 0 Å². The summed E-state index contributed by atoms with van der Waals surface area (Å²) in [6.07, 6.45) is 9.34. The lowest BCUT2D eigenvalue weighted by atomic mass is 9.99. The average molecular weight is 730 g/mol. The van der Waals surface area contributed by atoms with Crippen molar-refractivity contribution in [1.29, 1.82) is 0 Å². The van der Waals surface area contributed by atoms with Gasteiger partial charge in [-0.1, -0.05) is 127 Å². The first-order chi connectivity index (χ1) is 28.3. The van der Waals surface area contributed by atoms with E-state index < -0.39 is 0 Å². The molecule has 0 spiro atoms. The van der Waals surface area contributed by atoms with Gasteiger partial charge in [0.2, 0.25) is 0 Å². The Hall–Kier alpha value is -7.57. The summed E-state index contributed by atoms with van der Waals surface area (Å²) in [7, 11) is 0. The third kappa shape index (κ3) is 4.21. The average Bonchev–Trinajstić information content (AvgIpc) is 4.02. The van der Waals surface area contributed by atoms with Crippen LogP contribution in [0.15, 0.2) is 174 Å². The van der Waals surface area contributed by atoms with E-state index in [1.807, 2.05) is 24.3 Å². The van der Waals surface area contributed by atoms with Crippen LogP contribution in [-0.4, -0.2) is 23.9 Å². The molecular weight excluding hydrogens is 699 g/mol. The highest BCUT2D eigenvalue weighted by atomic mass is 16.3. The molecular formula is C51H31N5O. The molecule has 5 heterocycles. The van der Waals surface area contributed by atoms with Gasteiger partial charge in [0, 0.05) is 49.2 Å². The molecule has 7 aromatic carbocycles. The minimum Gasteiger partial charge on any atom is -0.455 e. The van der Waals surface area contributed by atoms with E-state index in [1.54, 1.807) is 0 Å². The minimum atomic E-state index is 0.0482. The number of allylic oxidation sites excluding steroid dienone is 4. The largest absolute Gasteiger partial charge is 0.455 e. The monoisotopic (exact) mass is 729 g/mol. The number of benzene rings is 7. The molecule has 0 N–H and O–H groups in total. The fraction of sp³-hybridized carbons (Fsp3) is 0.0392. The third-order valence-electron chi connectivity index (χ3n) is 12.0. The second-order valence-corrected chi connectivity index (χ2v) is 15.1. The van der Waals surface area contributed by atoms with Crippen molar-refractivity contribution >= 4 is 81.8 Å². The molecule has 0 radical (unpaired) electrons. The molecule has 13 rings (SSSR count). The highest BCUT2D eigenvalue weighted by Crippen LogP contribution is 2.48.